The van der Waals surface area contributed by atoms with Crippen molar-refractivity contribution >= 4 is 40.1 Å². The van der Waals surface area contributed by atoms with Gasteiger partial charge in [-0.25, -0.2) is 0 Å². The first-order valence-corrected chi connectivity index (χ1v) is 6.41. The van der Waals surface area contributed by atoms with Crippen molar-refractivity contribution in [2.45, 2.75) is 6.54 Å². The lowest BCUT2D eigenvalue weighted by atomic mass is 9.95. The standard InChI is InChI=1S/C12H13BBrNO/c13-11-1-2-12-10(9-11)3-5-15(12)6-8-16-7-4-14/h1-3,5,9H,4,6-8H2. The quantitative estimate of drug-likeness (QED) is 0.462. The Bertz CT molecular complexity index is 469. The minimum Gasteiger partial charge on any atom is -0.379 e. The summed E-state index contributed by atoms with van der Waals surface area (Å²) in [5, 5.41) is 2.07. The molecule has 0 aliphatic rings. The molecule has 0 saturated heterocycles. The summed E-state index contributed by atoms with van der Waals surface area (Å²) < 4.78 is 7.62. The number of ether oxygens (including phenoxy) is 1. The molecule has 0 spiro atoms. The molecule has 2 nitrogen and oxygen atoms in total. The van der Waals surface area contributed by atoms with Crippen molar-refractivity contribution in [1.29, 1.82) is 0 Å². The van der Waals surface area contributed by atoms with Crippen molar-refractivity contribution in [3.05, 3.63) is 30.5 Å². The van der Waals surface area contributed by atoms with E-state index in [1.807, 2.05) is 12.1 Å². The second kappa shape index (κ2) is 5.55. The Balaban J connectivity index is 2.07. The van der Waals surface area contributed by atoms with Gasteiger partial charge < -0.3 is 9.30 Å². The first kappa shape index (κ1) is 11.7. The molecule has 1 aromatic heterocycles. The Morgan fingerprint density at radius 3 is 2.94 bits per heavy atom. The molecule has 0 aliphatic carbocycles. The highest BCUT2D eigenvalue weighted by Crippen LogP contribution is 2.13. The van der Waals surface area contributed by atoms with Gasteiger partial charge in [0.05, 0.1) is 13.2 Å². The Hall–Kier alpha value is -0.735. The van der Waals surface area contributed by atoms with Crippen LogP contribution in [0.3, 0.4) is 0 Å². The van der Waals surface area contributed by atoms with E-state index in [4.69, 9.17) is 12.6 Å². The fourth-order valence-electron chi connectivity index (χ4n) is 1.73. The number of rotatable bonds is 5. The van der Waals surface area contributed by atoms with E-state index in [1.165, 1.54) is 10.9 Å². The van der Waals surface area contributed by atoms with Crippen molar-refractivity contribution in [3.8, 4) is 0 Å². The summed E-state index contributed by atoms with van der Waals surface area (Å²) in [7, 11) is 5.73. The van der Waals surface area contributed by atoms with E-state index in [0.717, 1.165) is 30.6 Å². The predicted molar refractivity (Wildman–Crippen MR) is 71.9 cm³/mol. The van der Waals surface area contributed by atoms with Crippen LogP contribution in [0, 0.1) is 0 Å². The van der Waals surface area contributed by atoms with Crippen LogP contribution >= 0.6 is 15.9 Å². The molecule has 1 aromatic carbocycles. The van der Waals surface area contributed by atoms with Gasteiger partial charge in [-0.2, -0.15) is 0 Å². The second-order valence-corrected chi connectivity index (χ2v) is 4.42. The van der Waals surface area contributed by atoms with Gasteiger partial charge in [-0.1, -0.05) is 33.5 Å². The van der Waals surface area contributed by atoms with Gasteiger partial charge in [0, 0.05) is 23.6 Å². The second-order valence-electron chi connectivity index (χ2n) is 3.63. The largest absolute Gasteiger partial charge is 0.379 e. The minimum absolute atomic E-state index is 0.736. The van der Waals surface area contributed by atoms with Crippen LogP contribution in [0.5, 0.6) is 0 Å². The molecule has 4 heteroatoms. The molecule has 82 valence electrons. The SMILES string of the molecule is [B]c1ccc2c(ccn2CCOCCBr)c1. The number of hydrogen-bond acceptors (Lipinski definition) is 1. The van der Waals surface area contributed by atoms with E-state index in [0.29, 0.717) is 0 Å². The molecule has 0 N–H and O–H groups in total. The number of halogens is 1. The lowest BCUT2D eigenvalue weighted by Gasteiger charge is -2.06. The highest BCUT2D eigenvalue weighted by atomic mass is 79.9. The topological polar surface area (TPSA) is 14.2 Å². The Labute approximate surface area is 105 Å². The van der Waals surface area contributed by atoms with Gasteiger partial charge in [0.25, 0.3) is 0 Å². The number of nitrogens with zero attached hydrogens (tertiary/aromatic N) is 1. The maximum absolute atomic E-state index is 5.73. The van der Waals surface area contributed by atoms with Crippen LogP contribution < -0.4 is 5.46 Å². The fourth-order valence-corrected chi connectivity index (χ4v) is 1.96. The van der Waals surface area contributed by atoms with E-state index in [-0.39, 0.29) is 0 Å². The molecule has 0 bridgehead atoms. The Kier molecular flexibility index (Phi) is 4.07. The summed E-state index contributed by atoms with van der Waals surface area (Å²) in [4.78, 5) is 0. The Morgan fingerprint density at radius 1 is 1.25 bits per heavy atom. The van der Waals surface area contributed by atoms with E-state index >= 15 is 0 Å². The molecule has 0 atom stereocenters. The Morgan fingerprint density at radius 2 is 2.12 bits per heavy atom. The van der Waals surface area contributed by atoms with Gasteiger partial charge >= 0.3 is 0 Å². The monoisotopic (exact) mass is 277 g/mol. The number of benzene rings is 1. The molecule has 2 rings (SSSR count). The van der Waals surface area contributed by atoms with Gasteiger partial charge in [-0.3, -0.25) is 0 Å². The molecule has 16 heavy (non-hydrogen) atoms. The average Bonchev–Trinajstić information content (AvgIpc) is 2.67. The average molecular weight is 278 g/mol. The third-order valence-corrected chi connectivity index (χ3v) is 2.82. The van der Waals surface area contributed by atoms with Gasteiger partial charge in [-0.15, -0.1) is 0 Å². The molecule has 0 aliphatic heterocycles. The summed E-state index contributed by atoms with van der Waals surface area (Å²) >= 11 is 3.33. The van der Waals surface area contributed by atoms with Gasteiger partial charge in [0.15, 0.2) is 0 Å². The molecule has 0 saturated carbocycles. The smallest absolute Gasteiger partial charge is 0.113 e. The van der Waals surface area contributed by atoms with Crippen LogP contribution in [-0.2, 0) is 11.3 Å². The lowest BCUT2D eigenvalue weighted by molar-refractivity contribution is 0.143. The normalized spacial score (nSPS) is 11.1. The third-order valence-electron chi connectivity index (χ3n) is 2.49. The van der Waals surface area contributed by atoms with E-state index < -0.39 is 0 Å². The van der Waals surface area contributed by atoms with Gasteiger partial charge in [0.1, 0.15) is 7.85 Å². The van der Waals surface area contributed by atoms with E-state index in [9.17, 15) is 0 Å². The van der Waals surface area contributed by atoms with Crippen molar-refractivity contribution in [1.82, 2.24) is 4.57 Å². The van der Waals surface area contributed by atoms with E-state index in [2.05, 4.69) is 38.8 Å². The zero-order chi connectivity index (χ0) is 11.4. The van der Waals surface area contributed by atoms with Crippen LogP contribution in [0.2, 0.25) is 0 Å². The number of alkyl halides is 1. The molecule has 1 heterocycles. The highest BCUT2D eigenvalue weighted by molar-refractivity contribution is 9.09. The zero-order valence-electron chi connectivity index (χ0n) is 9.03. The summed E-state index contributed by atoms with van der Waals surface area (Å²) in [6.45, 7) is 2.37. The van der Waals surface area contributed by atoms with Crippen molar-refractivity contribution in [2.75, 3.05) is 18.5 Å². The molecule has 0 amide bonds. The third kappa shape index (κ3) is 2.68. The van der Waals surface area contributed by atoms with Crippen LogP contribution in [0.4, 0.5) is 0 Å². The van der Waals surface area contributed by atoms with Gasteiger partial charge in [0.2, 0.25) is 0 Å². The summed E-state index contributed by atoms with van der Waals surface area (Å²) in [6, 6.07) is 8.05. The zero-order valence-corrected chi connectivity index (χ0v) is 10.6. The van der Waals surface area contributed by atoms with Crippen molar-refractivity contribution < 1.29 is 4.74 Å². The highest BCUT2D eigenvalue weighted by Gasteiger charge is 2.00. The van der Waals surface area contributed by atoms with Crippen LogP contribution in [0.25, 0.3) is 10.9 Å². The molecule has 2 aromatic rings. The summed E-state index contributed by atoms with van der Waals surface area (Å²) in [6.07, 6.45) is 2.07. The van der Waals surface area contributed by atoms with Crippen molar-refractivity contribution in [3.63, 3.8) is 0 Å². The predicted octanol–water partition coefficient (Wildman–Crippen LogP) is 1.85. The lowest BCUT2D eigenvalue weighted by Crippen LogP contribution is -2.07. The van der Waals surface area contributed by atoms with Crippen LogP contribution in [0.15, 0.2) is 30.5 Å². The molecular formula is C12H13BBrNO. The van der Waals surface area contributed by atoms with E-state index in [1.54, 1.807) is 0 Å². The summed E-state index contributed by atoms with van der Waals surface area (Å²) in [5.41, 5.74) is 2.01. The van der Waals surface area contributed by atoms with Crippen molar-refractivity contribution in [2.24, 2.45) is 0 Å². The molecular weight excluding hydrogens is 265 g/mol. The maximum atomic E-state index is 5.73. The maximum Gasteiger partial charge on any atom is 0.113 e. The minimum atomic E-state index is 0.736. The first-order valence-electron chi connectivity index (χ1n) is 5.29. The van der Waals surface area contributed by atoms with Gasteiger partial charge in [-0.05, 0) is 17.5 Å². The number of fused-ring (bicyclic) bond motifs is 1. The molecule has 0 unspecified atom stereocenters. The molecule has 0 fully saturated rings. The summed E-state index contributed by atoms with van der Waals surface area (Å²) in [5.74, 6) is 0. The fraction of sp³-hybridized carbons (Fsp3) is 0.333. The number of hydrogen-bond donors (Lipinski definition) is 0. The number of aromatic nitrogens is 1. The first-order chi connectivity index (χ1) is 7.81. The van der Waals surface area contributed by atoms with Crippen LogP contribution in [-0.4, -0.2) is 31.0 Å². The van der Waals surface area contributed by atoms with Crippen LogP contribution in [0.1, 0.15) is 0 Å². The molecule has 2 radical (unpaired) electrons.